The van der Waals surface area contributed by atoms with Crippen LogP contribution in [0.1, 0.15) is 31.7 Å². The summed E-state index contributed by atoms with van der Waals surface area (Å²) in [7, 11) is 2.14. The topological polar surface area (TPSA) is 37.4 Å². The maximum Gasteiger partial charge on any atom is 0.130 e. The van der Waals surface area contributed by atoms with Crippen molar-refractivity contribution >= 4 is 5.82 Å². The Morgan fingerprint density at radius 1 is 1.45 bits per heavy atom. The van der Waals surface area contributed by atoms with Gasteiger partial charge in [-0.1, -0.05) is 13.0 Å². The zero-order valence-corrected chi connectivity index (χ0v) is 12.8. The molecule has 4 heteroatoms. The molecule has 20 heavy (non-hydrogen) atoms. The van der Waals surface area contributed by atoms with Crippen LogP contribution in [0.2, 0.25) is 0 Å². The van der Waals surface area contributed by atoms with Gasteiger partial charge in [-0.15, -0.1) is 0 Å². The number of hydrogen-bond donors (Lipinski definition) is 1. The Bertz CT molecular complexity index is 393. The van der Waals surface area contributed by atoms with Gasteiger partial charge in [0.15, 0.2) is 0 Å². The number of nitrogens with one attached hydrogen (secondary N) is 1. The number of likely N-dealkylation sites (N-methyl/N-ethyl adjacent to an activating group) is 1. The van der Waals surface area contributed by atoms with Crippen molar-refractivity contribution in [1.82, 2.24) is 9.88 Å². The molecular formula is C16H27N3O. The van der Waals surface area contributed by atoms with Crippen molar-refractivity contribution in [3.63, 3.8) is 0 Å². The lowest BCUT2D eigenvalue weighted by Gasteiger charge is -2.18. The molecule has 1 aliphatic carbocycles. The van der Waals surface area contributed by atoms with Crippen LogP contribution >= 0.6 is 0 Å². The lowest BCUT2D eigenvalue weighted by atomic mass is 10.2. The normalized spacial score (nSPS) is 14.8. The molecular weight excluding hydrogens is 250 g/mol. The molecule has 0 bridgehead atoms. The predicted octanol–water partition coefficient (Wildman–Crippen LogP) is 2.76. The molecule has 1 saturated carbocycles. The van der Waals surface area contributed by atoms with Crippen molar-refractivity contribution in [2.24, 2.45) is 5.92 Å². The fourth-order valence-electron chi connectivity index (χ4n) is 2.09. The van der Waals surface area contributed by atoms with E-state index in [1.54, 1.807) is 0 Å². The van der Waals surface area contributed by atoms with Gasteiger partial charge in [0.25, 0.3) is 0 Å². The van der Waals surface area contributed by atoms with Crippen LogP contribution in [0.5, 0.6) is 0 Å². The quantitative estimate of drug-likeness (QED) is 0.667. The lowest BCUT2D eigenvalue weighted by molar-refractivity contribution is 0.102. The molecule has 0 unspecified atom stereocenters. The van der Waals surface area contributed by atoms with E-state index in [-0.39, 0.29) is 0 Å². The van der Waals surface area contributed by atoms with Gasteiger partial charge < -0.3 is 10.1 Å². The van der Waals surface area contributed by atoms with Gasteiger partial charge in [0.05, 0.1) is 6.61 Å². The molecule has 0 amide bonds. The molecule has 112 valence electrons. The van der Waals surface area contributed by atoms with E-state index in [0.29, 0.717) is 0 Å². The first-order valence-electron chi connectivity index (χ1n) is 7.73. The smallest absolute Gasteiger partial charge is 0.130 e. The summed E-state index contributed by atoms with van der Waals surface area (Å²) in [5.74, 6) is 1.86. The average Bonchev–Trinajstić information content (AvgIpc) is 3.27. The van der Waals surface area contributed by atoms with E-state index in [1.807, 2.05) is 12.3 Å². The van der Waals surface area contributed by atoms with Gasteiger partial charge in [-0.3, -0.25) is 4.90 Å². The highest BCUT2D eigenvalue weighted by molar-refractivity contribution is 5.43. The van der Waals surface area contributed by atoms with Crippen LogP contribution < -0.4 is 5.32 Å². The summed E-state index contributed by atoms with van der Waals surface area (Å²) in [4.78, 5) is 6.72. The SMILES string of the molecule is CCCNc1ncccc1CN(C)CCOCC1CC1. The van der Waals surface area contributed by atoms with Crippen LogP contribution in [0, 0.1) is 5.92 Å². The first-order chi connectivity index (χ1) is 9.79. The number of hydrogen-bond acceptors (Lipinski definition) is 4. The molecule has 0 aliphatic heterocycles. The minimum atomic E-state index is 0.824. The summed E-state index contributed by atoms with van der Waals surface area (Å²) in [6.45, 7) is 6.79. The van der Waals surface area contributed by atoms with Crippen molar-refractivity contribution < 1.29 is 4.74 Å². The van der Waals surface area contributed by atoms with E-state index in [0.717, 1.165) is 51.0 Å². The standard InChI is InChI=1S/C16H27N3O/c1-3-8-17-16-15(5-4-9-18-16)12-19(2)10-11-20-13-14-6-7-14/h4-5,9,14H,3,6-8,10-13H2,1-2H3,(H,17,18). The first kappa shape index (κ1) is 15.3. The average molecular weight is 277 g/mol. The van der Waals surface area contributed by atoms with Gasteiger partial charge >= 0.3 is 0 Å². The van der Waals surface area contributed by atoms with E-state index in [1.165, 1.54) is 18.4 Å². The highest BCUT2D eigenvalue weighted by Gasteiger charge is 2.20. The molecule has 0 atom stereocenters. The largest absolute Gasteiger partial charge is 0.380 e. The fraction of sp³-hybridized carbons (Fsp3) is 0.688. The number of rotatable bonds is 10. The number of aromatic nitrogens is 1. The van der Waals surface area contributed by atoms with Crippen molar-refractivity contribution in [2.75, 3.05) is 38.7 Å². The molecule has 0 radical (unpaired) electrons. The maximum atomic E-state index is 5.69. The molecule has 1 aromatic rings. The van der Waals surface area contributed by atoms with Crippen LogP contribution in [-0.2, 0) is 11.3 Å². The van der Waals surface area contributed by atoms with Crippen molar-refractivity contribution in [2.45, 2.75) is 32.7 Å². The Balaban J connectivity index is 1.72. The highest BCUT2D eigenvalue weighted by Crippen LogP contribution is 2.28. The number of ether oxygens (including phenoxy) is 1. The molecule has 1 heterocycles. The Morgan fingerprint density at radius 2 is 2.30 bits per heavy atom. The second kappa shape index (κ2) is 8.22. The predicted molar refractivity (Wildman–Crippen MR) is 82.9 cm³/mol. The van der Waals surface area contributed by atoms with Gasteiger partial charge in [-0.25, -0.2) is 4.98 Å². The third kappa shape index (κ3) is 5.47. The van der Waals surface area contributed by atoms with E-state index in [9.17, 15) is 0 Å². The molecule has 2 rings (SSSR count). The van der Waals surface area contributed by atoms with Gasteiger partial charge in [0.1, 0.15) is 5.82 Å². The summed E-state index contributed by atoms with van der Waals surface area (Å²) in [5.41, 5.74) is 1.26. The van der Waals surface area contributed by atoms with Gasteiger partial charge in [0, 0.05) is 38.0 Å². The molecule has 0 saturated heterocycles. The molecule has 1 aliphatic rings. The molecule has 1 aromatic heterocycles. The summed E-state index contributed by atoms with van der Waals surface area (Å²) in [6, 6.07) is 4.15. The van der Waals surface area contributed by atoms with Gasteiger partial charge in [0.2, 0.25) is 0 Å². The summed E-state index contributed by atoms with van der Waals surface area (Å²) in [5, 5.41) is 3.39. The Labute approximate surface area is 122 Å². The van der Waals surface area contributed by atoms with Crippen LogP contribution in [-0.4, -0.2) is 43.2 Å². The van der Waals surface area contributed by atoms with Crippen LogP contribution in [0.15, 0.2) is 18.3 Å². The zero-order valence-electron chi connectivity index (χ0n) is 12.8. The molecule has 0 aromatic carbocycles. The number of anilines is 1. The summed E-state index contributed by atoms with van der Waals surface area (Å²) in [6.07, 6.45) is 5.68. The highest BCUT2D eigenvalue weighted by atomic mass is 16.5. The second-order valence-electron chi connectivity index (χ2n) is 5.69. The molecule has 0 spiro atoms. The summed E-state index contributed by atoms with van der Waals surface area (Å²) >= 11 is 0. The Morgan fingerprint density at radius 3 is 3.05 bits per heavy atom. The Kier molecular flexibility index (Phi) is 6.27. The van der Waals surface area contributed by atoms with E-state index >= 15 is 0 Å². The second-order valence-corrected chi connectivity index (χ2v) is 5.69. The fourth-order valence-corrected chi connectivity index (χ4v) is 2.09. The van der Waals surface area contributed by atoms with Gasteiger partial charge in [-0.05, 0) is 38.3 Å². The molecule has 1 fully saturated rings. The Hall–Kier alpha value is -1.13. The van der Waals surface area contributed by atoms with Crippen molar-refractivity contribution in [3.05, 3.63) is 23.9 Å². The van der Waals surface area contributed by atoms with Gasteiger partial charge in [-0.2, -0.15) is 0 Å². The third-order valence-electron chi connectivity index (χ3n) is 3.54. The van der Waals surface area contributed by atoms with E-state index in [2.05, 4.69) is 35.2 Å². The zero-order chi connectivity index (χ0) is 14.2. The van der Waals surface area contributed by atoms with Crippen molar-refractivity contribution in [1.29, 1.82) is 0 Å². The maximum absolute atomic E-state index is 5.69. The lowest BCUT2D eigenvalue weighted by Crippen LogP contribution is -2.24. The first-order valence-corrected chi connectivity index (χ1v) is 7.73. The molecule has 1 N–H and O–H groups in total. The number of nitrogens with zero attached hydrogens (tertiary/aromatic N) is 2. The minimum absolute atomic E-state index is 0.824. The molecule has 4 nitrogen and oxygen atoms in total. The monoisotopic (exact) mass is 277 g/mol. The van der Waals surface area contributed by atoms with E-state index in [4.69, 9.17) is 4.74 Å². The van der Waals surface area contributed by atoms with Crippen LogP contribution in [0.3, 0.4) is 0 Å². The van der Waals surface area contributed by atoms with Crippen LogP contribution in [0.25, 0.3) is 0 Å². The van der Waals surface area contributed by atoms with Crippen LogP contribution in [0.4, 0.5) is 5.82 Å². The van der Waals surface area contributed by atoms with Crippen molar-refractivity contribution in [3.8, 4) is 0 Å². The van der Waals surface area contributed by atoms with E-state index < -0.39 is 0 Å². The number of pyridine rings is 1. The minimum Gasteiger partial charge on any atom is -0.380 e. The third-order valence-corrected chi connectivity index (χ3v) is 3.54. The summed E-state index contributed by atoms with van der Waals surface area (Å²) < 4.78 is 5.69.